The van der Waals surface area contributed by atoms with Crippen molar-refractivity contribution >= 4 is 5.97 Å². The zero-order valence-corrected chi connectivity index (χ0v) is 12.8. The number of rotatable bonds is 7. The van der Waals surface area contributed by atoms with E-state index < -0.39 is 6.10 Å². The highest BCUT2D eigenvalue weighted by molar-refractivity contribution is 5.70. The Morgan fingerprint density at radius 1 is 1.43 bits per heavy atom. The number of esters is 1. The van der Waals surface area contributed by atoms with E-state index in [1.54, 1.807) is 7.11 Å². The van der Waals surface area contributed by atoms with Crippen molar-refractivity contribution in [1.29, 1.82) is 0 Å². The first kappa shape index (κ1) is 15.8. The van der Waals surface area contributed by atoms with Crippen molar-refractivity contribution in [2.45, 2.75) is 44.4 Å². The van der Waals surface area contributed by atoms with Crippen molar-refractivity contribution in [3.63, 3.8) is 0 Å². The van der Waals surface area contributed by atoms with Gasteiger partial charge in [-0.15, -0.1) is 0 Å². The number of carbonyl (C=O) groups is 1. The zero-order chi connectivity index (χ0) is 15.4. The van der Waals surface area contributed by atoms with Crippen LogP contribution in [0.25, 0.3) is 0 Å². The van der Waals surface area contributed by atoms with Crippen molar-refractivity contribution in [1.82, 2.24) is 5.32 Å². The van der Waals surface area contributed by atoms with Crippen molar-refractivity contribution in [2.75, 3.05) is 14.2 Å². The Morgan fingerprint density at radius 3 is 2.71 bits per heavy atom. The second-order valence-electron chi connectivity index (χ2n) is 5.52. The highest BCUT2D eigenvalue weighted by Gasteiger charge is 2.32. The van der Waals surface area contributed by atoms with E-state index in [-0.39, 0.29) is 18.4 Å². The summed E-state index contributed by atoms with van der Waals surface area (Å²) in [5.74, 6) is 0.291. The Morgan fingerprint density at radius 2 is 2.14 bits per heavy atom. The van der Waals surface area contributed by atoms with Gasteiger partial charge in [-0.05, 0) is 31.9 Å². The number of nitrogens with one attached hydrogen (secondary N) is 1. The van der Waals surface area contributed by atoms with Crippen molar-refractivity contribution in [2.24, 2.45) is 0 Å². The molecule has 0 heterocycles. The number of hydrogen-bond donors (Lipinski definition) is 2. The monoisotopic (exact) mass is 293 g/mol. The van der Waals surface area contributed by atoms with Gasteiger partial charge in [0.15, 0.2) is 0 Å². The maximum absolute atomic E-state index is 11.6. The molecule has 5 heteroatoms. The van der Waals surface area contributed by atoms with Crippen LogP contribution in [0.5, 0.6) is 5.75 Å². The van der Waals surface area contributed by atoms with Gasteiger partial charge in [0.05, 0.1) is 26.7 Å². The van der Waals surface area contributed by atoms with E-state index in [0.29, 0.717) is 17.4 Å². The van der Waals surface area contributed by atoms with Crippen LogP contribution in [0.4, 0.5) is 0 Å². The van der Waals surface area contributed by atoms with E-state index in [1.807, 2.05) is 25.1 Å². The highest BCUT2D eigenvalue weighted by atomic mass is 16.5. The van der Waals surface area contributed by atoms with Gasteiger partial charge < -0.3 is 19.9 Å². The minimum Gasteiger partial charge on any atom is -0.496 e. The normalized spacial score (nSPS) is 17.1. The highest BCUT2D eigenvalue weighted by Crippen LogP contribution is 2.31. The third kappa shape index (κ3) is 4.19. The van der Waals surface area contributed by atoms with E-state index in [9.17, 15) is 9.90 Å². The summed E-state index contributed by atoms with van der Waals surface area (Å²) in [6.07, 6.45) is 1.47. The number of hydrogen-bond acceptors (Lipinski definition) is 5. The van der Waals surface area contributed by atoms with Gasteiger partial charge in [0, 0.05) is 17.6 Å². The lowest BCUT2D eigenvalue weighted by Gasteiger charge is -2.25. The Balaban J connectivity index is 2.21. The molecule has 1 aliphatic carbocycles. The largest absolute Gasteiger partial charge is 0.496 e. The average molecular weight is 293 g/mol. The average Bonchev–Trinajstić information content (AvgIpc) is 3.29. The van der Waals surface area contributed by atoms with Crippen LogP contribution in [0.15, 0.2) is 18.2 Å². The summed E-state index contributed by atoms with van der Waals surface area (Å²) < 4.78 is 10.0. The lowest BCUT2D eigenvalue weighted by molar-refractivity contribution is -0.142. The van der Waals surface area contributed by atoms with Crippen molar-refractivity contribution in [3.05, 3.63) is 29.3 Å². The Bertz CT molecular complexity index is 499. The number of aliphatic hydroxyl groups excluding tert-OH is 1. The summed E-state index contributed by atoms with van der Waals surface area (Å²) in [6, 6.07) is 5.66. The summed E-state index contributed by atoms with van der Waals surface area (Å²) in [5, 5.41) is 14.0. The molecule has 2 atom stereocenters. The molecule has 0 amide bonds. The standard InChI is InChI=1S/C16H23NO4/c1-10-4-7-14(20-2)12(8-10)16(19)13(9-15(18)21-3)17-11-5-6-11/h4,7-8,11,13,16-17,19H,5-6,9H2,1-3H3. The molecule has 2 unspecified atom stereocenters. The second kappa shape index (κ2) is 6.91. The number of carbonyl (C=O) groups excluding carboxylic acids is 1. The van der Waals surface area contributed by atoms with Gasteiger partial charge in [-0.3, -0.25) is 4.79 Å². The summed E-state index contributed by atoms with van der Waals surface area (Å²) >= 11 is 0. The lowest BCUT2D eigenvalue weighted by atomic mass is 9.97. The smallest absolute Gasteiger partial charge is 0.307 e. The molecule has 0 aromatic heterocycles. The fourth-order valence-corrected chi connectivity index (χ4v) is 2.38. The van der Waals surface area contributed by atoms with E-state index in [2.05, 4.69) is 5.32 Å². The first-order valence-electron chi connectivity index (χ1n) is 7.20. The van der Waals surface area contributed by atoms with Gasteiger partial charge in [-0.1, -0.05) is 11.6 Å². The molecule has 0 saturated heterocycles. The van der Waals surface area contributed by atoms with Crippen molar-refractivity contribution < 1.29 is 19.4 Å². The van der Waals surface area contributed by atoms with Gasteiger partial charge in [0.25, 0.3) is 0 Å². The SMILES string of the molecule is COC(=O)CC(NC1CC1)C(O)c1cc(C)ccc1OC. The topological polar surface area (TPSA) is 67.8 Å². The fourth-order valence-electron chi connectivity index (χ4n) is 2.38. The van der Waals surface area contributed by atoms with Gasteiger partial charge in [-0.2, -0.15) is 0 Å². The Labute approximate surface area is 125 Å². The molecule has 116 valence electrons. The molecule has 2 rings (SSSR count). The van der Waals surface area contributed by atoms with E-state index >= 15 is 0 Å². The maximum Gasteiger partial charge on any atom is 0.307 e. The molecule has 0 aliphatic heterocycles. The zero-order valence-electron chi connectivity index (χ0n) is 12.8. The molecule has 21 heavy (non-hydrogen) atoms. The third-order valence-electron chi connectivity index (χ3n) is 3.73. The molecule has 1 aliphatic rings. The molecule has 0 radical (unpaired) electrons. The van der Waals surface area contributed by atoms with Crippen LogP contribution in [-0.2, 0) is 9.53 Å². The number of methoxy groups -OCH3 is 2. The summed E-state index contributed by atoms with van der Waals surface area (Å²) in [5.41, 5.74) is 1.73. The fraction of sp³-hybridized carbons (Fsp3) is 0.562. The molecular weight excluding hydrogens is 270 g/mol. The number of benzene rings is 1. The van der Waals surface area contributed by atoms with Crippen LogP contribution in [0.1, 0.15) is 36.5 Å². The Kier molecular flexibility index (Phi) is 5.20. The lowest BCUT2D eigenvalue weighted by Crippen LogP contribution is -2.38. The van der Waals surface area contributed by atoms with Gasteiger partial charge in [0.2, 0.25) is 0 Å². The molecule has 1 saturated carbocycles. The number of ether oxygens (including phenoxy) is 2. The van der Waals surface area contributed by atoms with Crippen LogP contribution in [0.2, 0.25) is 0 Å². The maximum atomic E-state index is 11.6. The third-order valence-corrected chi connectivity index (χ3v) is 3.73. The molecule has 2 N–H and O–H groups in total. The van der Waals surface area contributed by atoms with Gasteiger partial charge in [-0.25, -0.2) is 0 Å². The predicted octanol–water partition coefficient (Wildman–Crippen LogP) is 1.72. The summed E-state index contributed by atoms with van der Waals surface area (Å²) in [7, 11) is 2.93. The van der Waals surface area contributed by atoms with Gasteiger partial charge >= 0.3 is 5.97 Å². The quantitative estimate of drug-likeness (QED) is 0.749. The van der Waals surface area contributed by atoms with Crippen LogP contribution < -0.4 is 10.1 Å². The number of aliphatic hydroxyl groups is 1. The van der Waals surface area contributed by atoms with Crippen LogP contribution in [-0.4, -0.2) is 37.4 Å². The minimum absolute atomic E-state index is 0.130. The van der Waals surface area contributed by atoms with Crippen LogP contribution >= 0.6 is 0 Å². The van der Waals surface area contributed by atoms with Crippen LogP contribution in [0, 0.1) is 6.92 Å². The molecule has 1 aromatic rings. The first-order valence-corrected chi connectivity index (χ1v) is 7.20. The molecule has 5 nitrogen and oxygen atoms in total. The molecule has 0 bridgehead atoms. The van der Waals surface area contributed by atoms with Crippen molar-refractivity contribution in [3.8, 4) is 5.75 Å². The summed E-state index contributed by atoms with van der Waals surface area (Å²) in [6.45, 7) is 1.96. The summed E-state index contributed by atoms with van der Waals surface area (Å²) in [4.78, 5) is 11.6. The van der Waals surface area contributed by atoms with Gasteiger partial charge in [0.1, 0.15) is 5.75 Å². The molecule has 0 spiro atoms. The van der Waals surface area contributed by atoms with E-state index in [0.717, 1.165) is 18.4 Å². The molecular formula is C16H23NO4. The number of aryl methyl sites for hydroxylation is 1. The van der Waals surface area contributed by atoms with Crippen LogP contribution in [0.3, 0.4) is 0 Å². The molecule has 1 aromatic carbocycles. The first-order chi connectivity index (χ1) is 10.0. The van der Waals surface area contributed by atoms with E-state index in [4.69, 9.17) is 9.47 Å². The minimum atomic E-state index is -0.820. The molecule has 1 fully saturated rings. The predicted molar refractivity (Wildman–Crippen MR) is 79.3 cm³/mol. The van der Waals surface area contributed by atoms with E-state index in [1.165, 1.54) is 7.11 Å². The Hall–Kier alpha value is -1.59. The second-order valence-corrected chi connectivity index (χ2v) is 5.52.